The van der Waals surface area contributed by atoms with Crippen molar-refractivity contribution in [3.8, 4) is 5.75 Å². The first-order valence-electron chi connectivity index (χ1n) is 10.9. The number of carbonyl (C=O) groups is 1. The summed E-state index contributed by atoms with van der Waals surface area (Å²) in [4.78, 5) is 13.8. The second-order valence-electron chi connectivity index (χ2n) is 8.27. The van der Waals surface area contributed by atoms with Gasteiger partial charge in [-0.15, -0.1) is 0 Å². The monoisotopic (exact) mass is 415 g/mol. The van der Waals surface area contributed by atoms with Crippen LogP contribution in [0.15, 0.2) is 78.9 Å². The molecule has 1 atom stereocenters. The average molecular weight is 416 g/mol. The van der Waals surface area contributed by atoms with Crippen LogP contribution in [0.2, 0.25) is 0 Å². The number of hydrogen-bond acceptors (Lipinski definition) is 3. The molecule has 4 heteroatoms. The average Bonchev–Trinajstić information content (AvgIpc) is 2.81. The summed E-state index contributed by atoms with van der Waals surface area (Å²) in [5.74, 6) is -0.0603. The number of benzene rings is 3. The predicted molar refractivity (Wildman–Crippen MR) is 122 cm³/mol. The van der Waals surface area contributed by atoms with Gasteiger partial charge in [-0.1, -0.05) is 78.4 Å². The van der Waals surface area contributed by atoms with Gasteiger partial charge in [-0.25, -0.2) is 0 Å². The summed E-state index contributed by atoms with van der Waals surface area (Å²) in [5.41, 5.74) is 4.68. The van der Waals surface area contributed by atoms with E-state index in [1.54, 1.807) is 0 Å². The van der Waals surface area contributed by atoms with E-state index in [2.05, 4.69) is 60.4 Å². The first-order chi connectivity index (χ1) is 15.1. The van der Waals surface area contributed by atoms with Crippen molar-refractivity contribution >= 4 is 5.97 Å². The highest BCUT2D eigenvalue weighted by atomic mass is 16.5. The summed E-state index contributed by atoms with van der Waals surface area (Å²) in [7, 11) is 0. The Morgan fingerprint density at radius 2 is 1.61 bits per heavy atom. The fourth-order valence-electron chi connectivity index (χ4n) is 4.31. The molecule has 0 aliphatic carbocycles. The zero-order chi connectivity index (χ0) is 21.6. The molecule has 1 heterocycles. The largest absolute Gasteiger partial charge is 0.489 e. The molecule has 0 radical (unpaired) electrons. The third kappa shape index (κ3) is 5.15. The van der Waals surface area contributed by atoms with E-state index in [1.807, 2.05) is 30.3 Å². The number of hydrogen-bond donors (Lipinski definition) is 1. The van der Waals surface area contributed by atoms with Gasteiger partial charge in [0.1, 0.15) is 12.4 Å². The van der Waals surface area contributed by atoms with Gasteiger partial charge in [-0.2, -0.15) is 0 Å². The third-order valence-electron chi connectivity index (χ3n) is 6.09. The first kappa shape index (κ1) is 21.1. The molecular weight excluding hydrogens is 386 g/mol. The summed E-state index contributed by atoms with van der Waals surface area (Å²) >= 11 is 0. The molecule has 0 spiro atoms. The van der Waals surface area contributed by atoms with Crippen molar-refractivity contribution in [3.63, 3.8) is 0 Å². The topological polar surface area (TPSA) is 49.8 Å². The number of likely N-dealkylation sites (tertiary alicyclic amines) is 1. The number of para-hydroxylation sites is 1. The molecule has 3 aromatic rings. The molecule has 1 aliphatic heterocycles. The minimum Gasteiger partial charge on any atom is -0.489 e. The normalized spacial score (nSPS) is 16.0. The van der Waals surface area contributed by atoms with Gasteiger partial charge in [0.25, 0.3) is 0 Å². The Morgan fingerprint density at radius 3 is 2.29 bits per heavy atom. The lowest BCUT2D eigenvalue weighted by atomic mass is 9.90. The summed E-state index contributed by atoms with van der Waals surface area (Å²) in [6.45, 7) is 4.11. The molecule has 160 valence electrons. The van der Waals surface area contributed by atoms with Crippen LogP contribution in [-0.2, 0) is 11.4 Å². The molecule has 31 heavy (non-hydrogen) atoms. The lowest BCUT2D eigenvalue weighted by Gasteiger charge is -2.37. The van der Waals surface area contributed by atoms with E-state index in [9.17, 15) is 9.90 Å². The lowest BCUT2D eigenvalue weighted by molar-refractivity contribution is -0.143. The van der Waals surface area contributed by atoms with Crippen molar-refractivity contribution in [2.75, 3.05) is 13.1 Å². The molecule has 1 unspecified atom stereocenters. The quantitative estimate of drug-likeness (QED) is 0.557. The lowest BCUT2D eigenvalue weighted by Crippen LogP contribution is -2.39. The van der Waals surface area contributed by atoms with Crippen molar-refractivity contribution in [1.82, 2.24) is 4.90 Å². The van der Waals surface area contributed by atoms with Crippen LogP contribution < -0.4 is 4.74 Å². The smallest absolute Gasteiger partial charge is 0.306 e. The maximum absolute atomic E-state index is 11.4. The van der Waals surface area contributed by atoms with Crippen LogP contribution in [-0.4, -0.2) is 29.1 Å². The van der Waals surface area contributed by atoms with E-state index < -0.39 is 5.97 Å². The molecule has 1 saturated heterocycles. The summed E-state index contributed by atoms with van der Waals surface area (Å²) in [5, 5.41) is 9.41. The van der Waals surface area contributed by atoms with Crippen molar-refractivity contribution in [1.29, 1.82) is 0 Å². The predicted octanol–water partition coefficient (Wildman–Crippen LogP) is 5.46. The van der Waals surface area contributed by atoms with E-state index in [-0.39, 0.29) is 12.0 Å². The van der Waals surface area contributed by atoms with Crippen LogP contribution in [0.4, 0.5) is 0 Å². The molecule has 1 N–H and O–H groups in total. The van der Waals surface area contributed by atoms with Crippen molar-refractivity contribution in [3.05, 3.63) is 101 Å². The molecule has 0 aromatic heterocycles. The van der Waals surface area contributed by atoms with Gasteiger partial charge < -0.3 is 9.84 Å². The Labute approximate surface area is 184 Å². The zero-order valence-electron chi connectivity index (χ0n) is 17.9. The maximum Gasteiger partial charge on any atom is 0.306 e. The molecule has 0 amide bonds. The van der Waals surface area contributed by atoms with Crippen LogP contribution in [0.25, 0.3) is 0 Å². The van der Waals surface area contributed by atoms with Crippen LogP contribution in [0.1, 0.15) is 41.1 Å². The Hall–Kier alpha value is -3.11. The minimum absolute atomic E-state index is 0.0299. The number of aliphatic carboxylic acids is 1. The van der Waals surface area contributed by atoms with Gasteiger partial charge in [-0.3, -0.25) is 9.69 Å². The number of carboxylic acids is 1. The number of rotatable bonds is 7. The minimum atomic E-state index is -0.682. The molecule has 1 fully saturated rings. The van der Waals surface area contributed by atoms with E-state index in [1.165, 1.54) is 11.1 Å². The summed E-state index contributed by atoms with van der Waals surface area (Å²) in [6.07, 6.45) is 1.34. The van der Waals surface area contributed by atoms with E-state index in [0.29, 0.717) is 19.4 Å². The molecule has 4 nitrogen and oxygen atoms in total. The molecule has 0 bridgehead atoms. The van der Waals surface area contributed by atoms with Crippen LogP contribution in [0.5, 0.6) is 5.75 Å². The van der Waals surface area contributed by atoms with E-state index in [4.69, 9.17) is 4.74 Å². The Morgan fingerprint density at radius 1 is 0.968 bits per heavy atom. The fourth-order valence-corrected chi connectivity index (χ4v) is 4.31. The Bertz CT molecular complexity index is 993. The summed E-state index contributed by atoms with van der Waals surface area (Å²) < 4.78 is 6.28. The van der Waals surface area contributed by atoms with E-state index in [0.717, 1.165) is 30.0 Å². The second-order valence-corrected chi connectivity index (χ2v) is 8.27. The van der Waals surface area contributed by atoms with Crippen LogP contribution >= 0.6 is 0 Å². The fraction of sp³-hybridized carbons (Fsp3) is 0.296. The first-order valence-corrected chi connectivity index (χ1v) is 10.9. The SMILES string of the molecule is Cc1ccc(C(c2ccccc2OCc2ccccc2)N2CCC(C(=O)O)CC2)cc1. The Kier molecular flexibility index (Phi) is 6.68. The highest BCUT2D eigenvalue weighted by molar-refractivity contribution is 5.70. The number of aryl methyl sites for hydroxylation is 1. The van der Waals surface area contributed by atoms with Crippen molar-refractivity contribution in [2.24, 2.45) is 5.92 Å². The van der Waals surface area contributed by atoms with Crippen LogP contribution in [0.3, 0.4) is 0 Å². The van der Waals surface area contributed by atoms with Gasteiger partial charge in [0.15, 0.2) is 0 Å². The second kappa shape index (κ2) is 9.80. The number of nitrogens with zero attached hydrogens (tertiary/aromatic N) is 1. The van der Waals surface area contributed by atoms with Gasteiger partial charge in [-0.05, 0) is 50.0 Å². The highest BCUT2D eigenvalue weighted by Gasteiger charge is 2.31. The summed E-state index contributed by atoms with van der Waals surface area (Å²) in [6, 6.07) is 27.1. The molecule has 1 aliphatic rings. The molecule has 4 rings (SSSR count). The molecule has 0 saturated carbocycles. The van der Waals surface area contributed by atoms with E-state index >= 15 is 0 Å². The van der Waals surface area contributed by atoms with Gasteiger partial charge >= 0.3 is 5.97 Å². The van der Waals surface area contributed by atoms with Gasteiger partial charge in [0.2, 0.25) is 0 Å². The molecular formula is C27H29NO3. The third-order valence-corrected chi connectivity index (χ3v) is 6.09. The highest BCUT2D eigenvalue weighted by Crippen LogP contribution is 2.37. The van der Waals surface area contributed by atoms with Crippen molar-refractivity contribution < 1.29 is 14.6 Å². The number of piperidine rings is 1. The Balaban J connectivity index is 1.64. The zero-order valence-corrected chi connectivity index (χ0v) is 17.9. The molecule has 3 aromatic carbocycles. The van der Waals surface area contributed by atoms with Gasteiger partial charge in [0, 0.05) is 5.56 Å². The van der Waals surface area contributed by atoms with Crippen molar-refractivity contribution in [2.45, 2.75) is 32.4 Å². The maximum atomic E-state index is 11.4. The number of carboxylic acid groups (broad SMARTS) is 1. The van der Waals surface area contributed by atoms with Gasteiger partial charge in [0.05, 0.1) is 12.0 Å². The standard InChI is InChI=1S/C27H29NO3/c1-20-11-13-22(14-12-20)26(28-17-15-23(16-18-28)27(29)30)24-9-5-6-10-25(24)31-19-21-7-3-2-4-8-21/h2-14,23,26H,15-19H2,1H3,(H,29,30). The number of ether oxygens (including phenoxy) is 1. The van der Waals surface area contributed by atoms with Crippen LogP contribution in [0, 0.1) is 12.8 Å².